The van der Waals surface area contributed by atoms with Gasteiger partial charge < -0.3 is 14.5 Å². The highest BCUT2D eigenvalue weighted by molar-refractivity contribution is 6.31. The van der Waals surface area contributed by atoms with E-state index in [2.05, 4.69) is 15.3 Å². The molecule has 0 atom stereocenters. The minimum absolute atomic E-state index is 0.0268. The summed E-state index contributed by atoms with van der Waals surface area (Å²) in [4.78, 5) is 20.9. The first-order valence-electron chi connectivity index (χ1n) is 7.57. The summed E-state index contributed by atoms with van der Waals surface area (Å²) in [5.41, 5.74) is 1.04. The Balaban J connectivity index is 2.15. The van der Waals surface area contributed by atoms with E-state index >= 15 is 0 Å². The van der Waals surface area contributed by atoms with E-state index in [9.17, 15) is 9.18 Å². The lowest BCUT2D eigenvalue weighted by molar-refractivity contribution is 0.0526. The molecule has 2 aromatic heterocycles. The molecule has 0 aliphatic heterocycles. The summed E-state index contributed by atoms with van der Waals surface area (Å²) in [5.74, 6) is 0.139. The smallest absolute Gasteiger partial charge is 0.342 e. The number of carbonyl (C=O) groups excluding carboxylic acids is 1. The van der Waals surface area contributed by atoms with Gasteiger partial charge in [-0.1, -0.05) is 11.6 Å². The third-order valence-corrected chi connectivity index (χ3v) is 3.79. The Morgan fingerprint density at radius 1 is 1.36 bits per heavy atom. The molecule has 0 saturated carbocycles. The van der Waals surface area contributed by atoms with Crippen LogP contribution in [0.5, 0.6) is 0 Å². The summed E-state index contributed by atoms with van der Waals surface area (Å²) in [7, 11) is 0. The van der Waals surface area contributed by atoms with Crippen molar-refractivity contribution in [2.45, 2.75) is 20.8 Å². The van der Waals surface area contributed by atoms with Gasteiger partial charge in [-0.25, -0.2) is 14.2 Å². The zero-order chi connectivity index (χ0) is 18.1. The second kappa shape index (κ2) is 6.68. The third-order valence-electron chi connectivity index (χ3n) is 3.50. The van der Waals surface area contributed by atoms with E-state index < -0.39 is 11.8 Å². The van der Waals surface area contributed by atoms with Gasteiger partial charge in [0, 0.05) is 5.69 Å². The summed E-state index contributed by atoms with van der Waals surface area (Å²) >= 11 is 5.82. The van der Waals surface area contributed by atoms with Crippen molar-refractivity contribution in [3.63, 3.8) is 0 Å². The van der Waals surface area contributed by atoms with Crippen molar-refractivity contribution in [1.29, 1.82) is 0 Å². The Morgan fingerprint density at radius 2 is 2.12 bits per heavy atom. The lowest BCUT2D eigenvalue weighted by Gasteiger charge is -2.09. The standard InChI is InChI=1S/C17H15ClFN3O3/c1-4-24-17(23)13-8(2)25-16-14(13)15(20-9(3)21-16)22-10-5-6-12(19)11(18)7-10/h5-7H,4H2,1-3H3,(H,20,21,22). The minimum atomic E-state index is -0.525. The molecule has 25 heavy (non-hydrogen) atoms. The summed E-state index contributed by atoms with van der Waals surface area (Å²) in [6.45, 7) is 5.30. The SMILES string of the molecule is CCOC(=O)c1c(C)oc2nc(C)nc(Nc3ccc(F)c(Cl)c3)c12. The minimum Gasteiger partial charge on any atom is -0.462 e. The molecule has 0 spiro atoms. The molecule has 6 nitrogen and oxygen atoms in total. The summed E-state index contributed by atoms with van der Waals surface area (Å²) in [6, 6.07) is 4.18. The molecule has 3 rings (SSSR count). The van der Waals surface area contributed by atoms with E-state index in [1.54, 1.807) is 20.8 Å². The Bertz CT molecular complexity index is 971. The quantitative estimate of drug-likeness (QED) is 0.685. The number of hydrogen-bond acceptors (Lipinski definition) is 6. The van der Waals surface area contributed by atoms with Crippen molar-refractivity contribution in [1.82, 2.24) is 9.97 Å². The van der Waals surface area contributed by atoms with Gasteiger partial charge in [-0.05, 0) is 39.0 Å². The van der Waals surface area contributed by atoms with Crippen LogP contribution in [-0.4, -0.2) is 22.5 Å². The van der Waals surface area contributed by atoms with Crippen LogP contribution in [0.1, 0.15) is 28.9 Å². The number of ether oxygens (including phenoxy) is 1. The van der Waals surface area contributed by atoms with E-state index in [0.717, 1.165) is 0 Å². The first-order chi connectivity index (χ1) is 11.9. The molecule has 0 amide bonds. The molecule has 0 aliphatic rings. The number of aromatic nitrogens is 2. The van der Waals surface area contributed by atoms with Gasteiger partial charge in [-0.3, -0.25) is 0 Å². The number of furan rings is 1. The van der Waals surface area contributed by atoms with Crippen molar-refractivity contribution >= 4 is 40.2 Å². The molecule has 130 valence electrons. The Hall–Kier alpha value is -2.67. The van der Waals surface area contributed by atoms with Crippen molar-refractivity contribution in [2.24, 2.45) is 0 Å². The average molecular weight is 364 g/mol. The molecule has 0 unspecified atom stereocenters. The zero-order valence-corrected chi connectivity index (χ0v) is 14.6. The van der Waals surface area contributed by atoms with Crippen LogP contribution in [-0.2, 0) is 4.74 Å². The lowest BCUT2D eigenvalue weighted by Crippen LogP contribution is -2.07. The topological polar surface area (TPSA) is 77.2 Å². The molecule has 0 fully saturated rings. The van der Waals surface area contributed by atoms with Crippen molar-refractivity contribution in [2.75, 3.05) is 11.9 Å². The molecule has 8 heteroatoms. The van der Waals surface area contributed by atoms with Gasteiger partial charge in [-0.2, -0.15) is 4.98 Å². The largest absolute Gasteiger partial charge is 0.462 e. The lowest BCUT2D eigenvalue weighted by atomic mass is 10.1. The van der Waals surface area contributed by atoms with Crippen LogP contribution in [0.4, 0.5) is 15.9 Å². The zero-order valence-electron chi connectivity index (χ0n) is 13.8. The number of rotatable bonds is 4. The first kappa shape index (κ1) is 17.2. The molecule has 0 saturated heterocycles. The number of carbonyl (C=O) groups is 1. The van der Waals surface area contributed by atoms with E-state index in [4.69, 9.17) is 20.8 Å². The van der Waals surface area contributed by atoms with E-state index in [1.165, 1.54) is 18.2 Å². The molecule has 1 N–H and O–H groups in total. The van der Waals surface area contributed by atoms with E-state index in [1.807, 2.05) is 0 Å². The summed E-state index contributed by atoms with van der Waals surface area (Å²) in [5, 5.41) is 3.41. The Kier molecular flexibility index (Phi) is 4.59. The monoisotopic (exact) mass is 363 g/mol. The number of aryl methyl sites for hydroxylation is 2. The van der Waals surface area contributed by atoms with Crippen LogP contribution in [0.2, 0.25) is 5.02 Å². The predicted molar refractivity (Wildman–Crippen MR) is 91.9 cm³/mol. The van der Waals surface area contributed by atoms with Gasteiger partial charge >= 0.3 is 5.97 Å². The number of fused-ring (bicyclic) bond motifs is 1. The number of benzene rings is 1. The molecule has 2 heterocycles. The molecular formula is C17H15ClFN3O3. The van der Waals surface area contributed by atoms with Crippen molar-refractivity contribution < 1.29 is 18.3 Å². The predicted octanol–water partition coefficient (Wildman–Crippen LogP) is 4.55. The maximum atomic E-state index is 13.4. The van der Waals surface area contributed by atoms with E-state index in [0.29, 0.717) is 28.5 Å². The highest BCUT2D eigenvalue weighted by atomic mass is 35.5. The highest BCUT2D eigenvalue weighted by Gasteiger charge is 2.24. The molecule has 1 aromatic carbocycles. The van der Waals surface area contributed by atoms with Gasteiger partial charge in [0.1, 0.15) is 28.8 Å². The summed E-state index contributed by atoms with van der Waals surface area (Å²) in [6.07, 6.45) is 0. The second-order valence-electron chi connectivity index (χ2n) is 5.31. The third kappa shape index (κ3) is 3.28. The van der Waals surface area contributed by atoms with Crippen LogP contribution < -0.4 is 5.32 Å². The fourth-order valence-corrected chi connectivity index (χ4v) is 2.65. The normalized spacial score (nSPS) is 10.9. The van der Waals surface area contributed by atoms with E-state index in [-0.39, 0.29) is 22.9 Å². The number of esters is 1. The maximum Gasteiger partial charge on any atom is 0.342 e. The van der Waals surface area contributed by atoms with Gasteiger partial charge in [0.15, 0.2) is 0 Å². The molecule has 0 aliphatic carbocycles. The van der Waals surface area contributed by atoms with Crippen LogP contribution in [0.15, 0.2) is 22.6 Å². The van der Waals surface area contributed by atoms with Gasteiger partial charge in [0.25, 0.3) is 0 Å². The number of nitrogens with one attached hydrogen (secondary N) is 1. The van der Waals surface area contributed by atoms with Crippen LogP contribution in [0.3, 0.4) is 0 Å². The fourth-order valence-electron chi connectivity index (χ4n) is 2.47. The number of hydrogen-bond donors (Lipinski definition) is 1. The van der Waals surface area contributed by atoms with Gasteiger partial charge in [-0.15, -0.1) is 0 Å². The molecule has 3 aromatic rings. The molecular weight excluding hydrogens is 349 g/mol. The van der Waals surface area contributed by atoms with Crippen LogP contribution in [0, 0.1) is 19.7 Å². The highest BCUT2D eigenvalue weighted by Crippen LogP contribution is 2.32. The maximum absolute atomic E-state index is 13.4. The van der Waals surface area contributed by atoms with Crippen molar-refractivity contribution in [3.8, 4) is 0 Å². The summed E-state index contributed by atoms with van der Waals surface area (Å²) < 4.78 is 24.0. The first-order valence-corrected chi connectivity index (χ1v) is 7.95. The second-order valence-corrected chi connectivity index (χ2v) is 5.71. The van der Waals surface area contributed by atoms with Gasteiger partial charge in [0.05, 0.1) is 17.0 Å². The number of halogens is 2. The van der Waals surface area contributed by atoms with Crippen molar-refractivity contribution in [3.05, 3.63) is 46.2 Å². The average Bonchev–Trinajstić information content (AvgIpc) is 2.87. The Morgan fingerprint density at radius 3 is 2.80 bits per heavy atom. The number of anilines is 2. The Labute approximate surface area is 148 Å². The molecule has 0 radical (unpaired) electrons. The van der Waals surface area contributed by atoms with Crippen LogP contribution in [0.25, 0.3) is 11.1 Å². The molecule has 0 bridgehead atoms. The van der Waals surface area contributed by atoms with Gasteiger partial charge in [0.2, 0.25) is 5.71 Å². The number of nitrogens with zero attached hydrogens (tertiary/aromatic N) is 2. The fraction of sp³-hybridized carbons (Fsp3) is 0.235. The van der Waals surface area contributed by atoms with Crippen LogP contribution >= 0.6 is 11.6 Å².